The number of rotatable bonds is 14. The molecule has 4 aromatic rings. The maximum absolute atomic E-state index is 12.1. The first-order valence-electron chi connectivity index (χ1n) is 21.3. The Bertz CT molecular complexity index is 2020. The number of benzene rings is 2. The second-order valence-corrected chi connectivity index (χ2v) is 18.2. The van der Waals surface area contributed by atoms with Gasteiger partial charge in [-0.25, -0.2) is 15.0 Å². The molecule has 0 saturated carbocycles. The molecule has 4 atom stereocenters. The van der Waals surface area contributed by atoms with Crippen molar-refractivity contribution in [3.63, 3.8) is 0 Å². The van der Waals surface area contributed by atoms with Gasteiger partial charge in [0.1, 0.15) is 46.5 Å². The lowest BCUT2D eigenvalue weighted by molar-refractivity contribution is -0.156. The molecule has 0 radical (unpaired) electrons. The highest BCUT2D eigenvalue weighted by molar-refractivity contribution is 6.28. The maximum atomic E-state index is 12.1. The molecule has 0 unspecified atom stereocenters. The molecule has 0 spiro atoms. The molecular formula is C47H64ClN7O6. The highest BCUT2D eigenvalue weighted by Gasteiger charge is 2.27. The quantitative estimate of drug-likeness (QED) is 0.0883. The molecule has 2 fully saturated rings. The van der Waals surface area contributed by atoms with Crippen LogP contribution in [0.1, 0.15) is 111 Å². The SMILES string of the molecule is CCN(C)c1nccc(N2CC[C@@H](Oc3ccc([C@H](C)CC(=O)OC(C)(C)C)cc3)C2)n1.C[C@H](CC(=O)OC(C)(C)C)c1ccc(O[C@@H]2CCN(c3ccnc(Cl)n3)C2)cc1. The van der Waals surface area contributed by atoms with Crippen LogP contribution in [0.3, 0.4) is 0 Å². The average Bonchev–Trinajstić information content (AvgIpc) is 3.87. The van der Waals surface area contributed by atoms with Crippen molar-refractivity contribution in [1.82, 2.24) is 19.9 Å². The third-order valence-corrected chi connectivity index (χ3v) is 10.5. The Hall–Kier alpha value is -5.17. The molecule has 2 aromatic heterocycles. The fourth-order valence-electron chi connectivity index (χ4n) is 7.04. The summed E-state index contributed by atoms with van der Waals surface area (Å²) in [7, 11) is 1.99. The van der Waals surface area contributed by atoms with E-state index in [0.29, 0.717) is 12.8 Å². The van der Waals surface area contributed by atoms with Gasteiger partial charge in [-0.05, 0) is 119 Å². The minimum atomic E-state index is -0.458. The van der Waals surface area contributed by atoms with Crippen molar-refractivity contribution < 1.29 is 28.5 Å². The minimum absolute atomic E-state index is 0.0865. The highest BCUT2D eigenvalue weighted by Crippen LogP contribution is 2.29. The normalized spacial score (nSPS) is 17.5. The van der Waals surface area contributed by atoms with Crippen LogP contribution in [-0.4, -0.2) is 95.1 Å². The van der Waals surface area contributed by atoms with Crippen molar-refractivity contribution in [2.24, 2.45) is 0 Å². The van der Waals surface area contributed by atoms with E-state index in [1.807, 2.05) is 134 Å². The predicted molar refractivity (Wildman–Crippen MR) is 241 cm³/mol. The van der Waals surface area contributed by atoms with Crippen molar-refractivity contribution >= 4 is 41.1 Å². The summed E-state index contributed by atoms with van der Waals surface area (Å²) in [5, 5.41) is 0.253. The van der Waals surface area contributed by atoms with Gasteiger partial charge in [-0.2, -0.15) is 4.98 Å². The van der Waals surface area contributed by atoms with E-state index in [9.17, 15) is 9.59 Å². The number of nitrogens with zero attached hydrogens (tertiary/aromatic N) is 7. The van der Waals surface area contributed by atoms with Crippen molar-refractivity contribution in [3.8, 4) is 11.5 Å². The Kier molecular flexibility index (Phi) is 16.2. The van der Waals surface area contributed by atoms with Crippen molar-refractivity contribution in [2.45, 2.75) is 123 Å². The number of anilines is 3. The molecule has 14 heteroatoms. The third kappa shape index (κ3) is 15.1. The number of carbonyl (C=O) groups excluding carboxylic acids is 2. The van der Waals surface area contributed by atoms with E-state index < -0.39 is 11.2 Å². The second-order valence-electron chi connectivity index (χ2n) is 17.9. The van der Waals surface area contributed by atoms with Crippen LogP contribution in [0.4, 0.5) is 17.6 Å². The average molecular weight is 859 g/mol. The standard InChI is InChI=1S/C25H36N4O3.C22H28ClN3O3/c1-7-28(6)24-26-14-12-22(27-24)29-15-13-21(17-29)31-20-10-8-19(9-11-20)18(2)16-23(30)32-25(3,4)5;1-15(13-20(27)29-22(2,3)4)16-5-7-17(8-6-16)28-18-10-12-26(14-18)19-9-11-24-21(23)25-19/h8-12,14,18,21H,7,13,15-17H2,1-6H3;5-9,11,15,18H,10,12-14H2,1-4H3/t18-,21-;15-,18-/m11/s1. The Balaban J connectivity index is 0.000000232. The zero-order valence-electron chi connectivity index (χ0n) is 37.6. The molecule has 13 nitrogen and oxygen atoms in total. The molecule has 6 rings (SSSR count). The van der Waals surface area contributed by atoms with Gasteiger partial charge in [0.05, 0.1) is 25.9 Å². The number of halogens is 1. The first-order valence-corrected chi connectivity index (χ1v) is 21.7. The van der Waals surface area contributed by atoms with E-state index in [-0.39, 0.29) is 41.3 Å². The molecule has 0 bridgehead atoms. The van der Waals surface area contributed by atoms with Gasteiger partial charge < -0.3 is 33.6 Å². The van der Waals surface area contributed by atoms with Crippen LogP contribution in [0, 0.1) is 0 Å². The van der Waals surface area contributed by atoms with Gasteiger partial charge >= 0.3 is 11.9 Å². The van der Waals surface area contributed by atoms with E-state index in [0.717, 1.165) is 85.8 Å². The van der Waals surface area contributed by atoms with Gasteiger partial charge in [0.25, 0.3) is 0 Å². The van der Waals surface area contributed by atoms with Crippen LogP contribution in [0.5, 0.6) is 11.5 Å². The molecule has 2 aliphatic heterocycles. The second kappa shape index (κ2) is 21.1. The van der Waals surface area contributed by atoms with Crippen molar-refractivity contribution in [2.75, 3.05) is 54.5 Å². The summed E-state index contributed by atoms with van der Waals surface area (Å²) in [4.78, 5) is 47.8. The lowest BCUT2D eigenvalue weighted by atomic mass is 9.98. The van der Waals surface area contributed by atoms with Crippen LogP contribution in [-0.2, 0) is 19.1 Å². The van der Waals surface area contributed by atoms with E-state index in [4.69, 9.17) is 35.5 Å². The van der Waals surface area contributed by atoms with Gasteiger partial charge in [0.15, 0.2) is 0 Å². The largest absolute Gasteiger partial charge is 0.489 e. The Morgan fingerprint density at radius 1 is 0.705 bits per heavy atom. The zero-order chi connectivity index (χ0) is 44.3. The lowest BCUT2D eigenvalue weighted by Gasteiger charge is -2.21. The fourth-order valence-corrected chi connectivity index (χ4v) is 7.19. The summed E-state index contributed by atoms with van der Waals surface area (Å²) in [5.74, 6) is 4.00. The van der Waals surface area contributed by atoms with Crippen LogP contribution in [0.2, 0.25) is 5.28 Å². The molecule has 0 amide bonds. The van der Waals surface area contributed by atoms with Crippen LogP contribution >= 0.6 is 11.6 Å². The smallest absolute Gasteiger partial charge is 0.306 e. The number of carbonyl (C=O) groups is 2. The predicted octanol–water partition coefficient (Wildman–Crippen LogP) is 9.05. The summed E-state index contributed by atoms with van der Waals surface area (Å²) >= 11 is 5.88. The van der Waals surface area contributed by atoms with Gasteiger partial charge in [0.2, 0.25) is 11.2 Å². The number of aromatic nitrogens is 4. The number of hydrogen-bond acceptors (Lipinski definition) is 13. The van der Waals surface area contributed by atoms with E-state index in [1.54, 1.807) is 6.20 Å². The van der Waals surface area contributed by atoms with Gasteiger partial charge in [-0.1, -0.05) is 38.1 Å². The van der Waals surface area contributed by atoms with E-state index >= 15 is 0 Å². The highest BCUT2D eigenvalue weighted by atomic mass is 35.5. The van der Waals surface area contributed by atoms with Crippen molar-refractivity contribution in [3.05, 3.63) is 89.5 Å². The van der Waals surface area contributed by atoms with E-state index in [2.05, 4.69) is 31.7 Å². The number of ether oxygens (including phenoxy) is 4. The van der Waals surface area contributed by atoms with Crippen LogP contribution < -0.4 is 24.2 Å². The summed E-state index contributed by atoms with van der Waals surface area (Å²) in [6, 6.07) is 19.8. The maximum Gasteiger partial charge on any atom is 0.306 e. The van der Waals surface area contributed by atoms with Gasteiger partial charge in [-0.3, -0.25) is 9.59 Å². The lowest BCUT2D eigenvalue weighted by Crippen LogP contribution is -2.26. The Labute approximate surface area is 367 Å². The molecule has 2 aromatic carbocycles. The monoisotopic (exact) mass is 857 g/mol. The third-order valence-electron chi connectivity index (χ3n) is 10.3. The molecule has 2 aliphatic rings. The topological polar surface area (TPSA) is 132 Å². The number of hydrogen-bond donors (Lipinski definition) is 0. The van der Waals surface area contributed by atoms with Crippen LogP contribution in [0.25, 0.3) is 0 Å². The summed E-state index contributed by atoms with van der Waals surface area (Å²) in [6.45, 7) is 21.6. The first kappa shape index (κ1) is 46.9. The molecule has 61 heavy (non-hydrogen) atoms. The van der Waals surface area contributed by atoms with Crippen molar-refractivity contribution in [1.29, 1.82) is 0 Å². The van der Waals surface area contributed by atoms with Gasteiger partial charge in [-0.15, -0.1) is 0 Å². The molecule has 0 aliphatic carbocycles. The summed E-state index contributed by atoms with van der Waals surface area (Å²) in [6.07, 6.45) is 6.26. The molecular weight excluding hydrogens is 794 g/mol. The minimum Gasteiger partial charge on any atom is -0.489 e. The van der Waals surface area contributed by atoms with Crippen LogP contribution in [0.15, 0.2) is 73.1 Å². The van der Waals surface area contributed by atoms with E-state index in [1.165, 1.54) is 0 Å². The first-order chi connectivity index (χ1) is 28.8. The molecule has 0 N–H and O–H groups in total. The zero-order valence-corrected chi connectivity index (χ0v) is 38.3. The summed E-state index contributed by atoms with van der Waals surface area (Å²) < 4.78 is 23.2. The Morgan fingerprint density at radius 2 is 1.13 bits per heavy atom. The molecule has 2 saturated heterocycles. The summed E-state index contributed by atoms with van der Waals surface area (Å²) in [5.41, 5.74) is 1.28. The fraction of sp³-hybridized carbons (Fsp3) is 0.532. The van der Waals surface area contributed by atoms with Gasteiger partial charge in [0, 0.05) is 51.9 Å². The molecule has 4 heterocycles. The number of esters is 2. The molecule has 330 valence electrons. The Morgan fingerprint density at radius 3 is 1.54 bits per heavy atom.